The molecule has 1 rings (SSSR count). The van der Waals surface area contributed by atoms with E-state index in [9.17, 15) is 4.79 Å². The van der Waals surface area contributed by atoms with Crippen LogP contribution in [0.5, 0.6) is 0 Å². The maximum atomic E-state index is 12.5. The molecule has 102 valence electrons. The van der Waals surface area contributed by atoms with Crippen molar-refractivity contribution in [1.82, 2.24) is 0 Å². The Morgan fingerprint density at radius 3 is 2.78 bits per heavy atom. The summed E-state index contributed by atoms with van der Waals surface area (Å²) >= 11 is 1.78. The number of thioether (sulfide) groups is 1. The Hall–Kier alpha value is -0.540. The topological polar surface area (TPSA) is 43.1 Å². The quantitative estimate of drug-likeness (QED) is 0.802. The van der Waals surface area contributed by atoms with Crippen molar-refractivity contribution in [3.63, 3.8) is 0 Å². The molecule has 1 unspecified atom stereocenters. The van der Waals surface area contributed by atoms with Gasteiger partial charge in [0.05, 0.1) is 0 Å². The molecule has 0 fully saturated rings. The lowest BCUT2D eigenvalue weighted by Crippen LogP contribution is -2.26. The minimum absolute atomic E-state index is 0.0197. The van der Waals surface area contributed by atoms with Gasteiger partial charge in [-0.15, -0.1) is 0 Å². The second kappa shape index (κ2) is 6.58. The Morgan fingerprint density at radius 2 is 2.22 bits per heavy atom. The summed E-state index contributed by atoms with van der Waals surface area (Å²) in [6, 6.07) is 0. The van der Waals surface area contributed by atoms with E-state index in [0.717, 1.165) is 23.3 Å². The second-order valence-electron chi connectivity index (χ2n) is 5.65. The van der Waals surface area contributed by atoms with E-state index in [1.165, 1.54) is 0 Å². The van der Waals surface area contributed by atoms with Crippen molar-refractivity contribution in [2.45, 2.75) is 45.8 Å². The van der Waals surface area contributed by atoms with Crippen molar-refractivity contribution in [3.8, 4) is 0 Å². The summed E-state index contributed by atoms with van der Waals surface area (Å²) in [5.41, 5.74) is 7.62. The molecule has 0 aromatic carbocycles. The van der Waals surface area contributed by atoms with E-state index in [0.29, 0.717) is 24.0 Å². The summed E-state index contributed by atoms with van der Waals surface area (Å²) in [7, 11) is 0. The van der Waals surface area contributed by atoms with Crippen molar-refractivity contribution in [2.24, 2.45) is 11.1 Å². The molecule has 0 saturated heterocycles. The summed E-state index contributed by atoms with van der Waals surface area (Å²) in [6.07, 6.45) is 5.82. The highest BCUT2D eigenvalue weighted by atomic mass is 32.2. The number of carbonyl (C=O) groups is 1. The number of Topliss-reactive ketones (excluding diaryl/α,β-unsaturated/α-hetero) is 1. The predicted molar refractivity (Wildman–Crippen MR) is 80.8 cm³/mol. The Morgan fingerprint density at radius 1 is 1.56 bits per heavy atom. The van der Waals surface area contributed by atoms with Crippen LogP contribution < -0.4 is 5.73 Å². The fourth-order valence-electron chi connectivity index (χ4n) is 2.54. The predicted octanol–water partition coefficient (Wildman–Crippen LogP) is 3.33. The van der Waals surface area contributed by atoms with Gasteiger partial charge in [-0.2, -0.15) is 11.8 Å². The van der Waals surface area contributed by atoms with E-state index < -0.39 is 0 Å². The molecule has 0 amide bonds. The van der Waals surface area contributed by atoms with Crippen LogP contribution in [0.1, 0.15) is 40.5 Å². The average molecular weight is 267 g/mol. The van der Waals surface area contributed by atoms with Gasteiger partial charge in [0.2, 0.25) is 0 Å². The molecule has 0 radical (unpaired) electrons. The van der Waals surface area contributed by atoms with Crippen molar-refractivity contribution in [1.29, 1.82) is 0 Å². The zero-order chi connectivity index (χ0) is 13.8. The largest absolute Gasteiger partial charge is 0.330 e. The maximum absolute atomic E-state index is 12.5. The molecule has 0 aromatic heterocycles. The molecule has 2 N–H and O–H groups in total. The molecular formula is C15H25NOS. The SMILES string of the molecule is CC1=C(C(=O)CC(C)SCCN)C(C)(C)CC=C1. The first-order chi connectivity index (χ1) is 8.38. The number of hydrogen-bond donors (Lipinski definition) is 1. The number of hydrogen-bond acceptors (Lipinski definition) is 3. The molecular weight excluding hydrogens is 242 g/mol. The number of nitrogens with two attached hydrogens (primary N) is 1. The molecule has 1 aliphatic rings. The minimum atomic E-state index is -0.0197. The van der Waals surface area contributed by atoms with Gasteiger partial charge < -0.3 is 5.73 Å². The van der Waals surface area contributed by atoms with Gasteiger partial charge in [0.15, 0.2) is 5.78 Å². The molecule has 0 spiro atoms. The molecule has 3 heteroatoms. The first-order valence-corrected chi connectivity index (χ1v) is 7.66. The van der Waals surface area contributed by atoms with Crippen LogP contribution in [0, 0.1) is 5.41 Å². The van der Waals surface area contributed by atoms with Gasteiger partial charge in [-0.25, -0.2) is 0 Å². The number of allylic oxidation sites excluding steroid dienone is 4. The third kappa shape index (κ3) is 3.99. The number of ketones is 1. The molecule has 0 aliphatic heterocycles. The number of carbonyl (C=O) groups excluding carboxylic acids is 1. The van der Waals surface area contributed by atoms with Gasteiger partial charge in [-0.3, -0.25) is 4.79 Å². The van der Waals surface area contributed by atoms with Crippen LogP contribution in [0.2, 0.25) is 0 Å². The zero-order valence-electron chi connectivity index (χ0n) is 12.0. The van der Waals surface area contributed by atoms with Crippen LogP contribution in [0.3, 0.4) is 0 Å². The molecule has 0 heterocycles. The van der Waals surface area contributed by atoms with Gasteiger partial charge in [-0.05, 0) is 24.3 Å². The molecule has 0 bridgehead atoms. The Balaban J connectivity index is 2.73. The van der Waals surface area contributed by atoms with Crippen LogP contribution in [0.25, 0.3) is 0 Å². The maximum Gasteiger partial charge on any atom is 0.160 e. The highest BCUT2D eigenvalue weighted by molar-refractivity contribution is 7.99. The van der Waals surface area contributed by atoms with Crippen LogP contribution in [0.15, 0.2) is 23.3 Å². The van der Waals surface area contributed by atoms with Crippen LogP contribution >= 0.6 is 11.8 Å². The average Bonchev–Trinajstić information content (AvgIpc) is 2.24. The van der Waals surface area contributed by atoms with E-state index >= 15 is 0 Å². The van der Waals surface area contributed by atoms with Crippen molar-refractivity contribution in [3.05, 3.63) is 23.3 Å². The molecule has 1 atom stereocenters. The Labute approximate surface area is 115 Å². The van der Waals surface area contributed by atoms with Gasteiger partial charge in [0, 0.05) is 29.5 Å². The Bertz CT molecular complexity index is 369. The summed E-state index contributed by atoms with van der Waals surface area (Å²) in [4.78, 5) is 12.5. The van der Waals surface area contributed by atoms with E-state index in [1.54, 1.807) is 11.8 Å². The molecule has 2 nitrogen and oxygen atoms in total. The third-order valence-corrected chi connectivity index (χ3v) is 4.55. The van der Waals surface area contributed by atoms with E-state index in [2.05, 4.69) is 32.9 Å². The van der Waals surface area contributed by atoms with Gasteiger partial charge >= 0.3 is 0 Å². The lowest BCUT2D eigenvalue weighted by molar-refractivity contribution is -0.116. The van der Waals surface area contributed by atoms with Gasteiger partial charge in [0.1, 0.15) is 0 Å². The van der Waals surface area contributed by atoms with Crippen LogP contribution in [-0.4, -0.2) is 23.3 Å². The third-order valence-electron chi connectivity index (χ3n) is 3.34. The van der Waals surface area contributed by atoms with Crippen molar-refractivity contribution in [2.75, 3.05) is 12.3 Å². The molecule has 0 aromatic rings. The summed E-state index contributed by atoms with van der Waals surface area (Å²) < 4.78 is 0. The summed E-state index contributed by atoms with van der Waals surface area (Å²) in [5.74, 6) is 1.23. The smallest absolute Gasteiger partial charge is 0.160 e. The zero-order valence-corrected chi connectivity index (χ0v) is 12.8. The lowest BCUT2D eigenvalue weighted by atomic mass is 9.73. The highest BCUT2D eigenvalue weighted by Crippen LogP contribution is 2.38. The molecule has 0 saturated carbocycles. The monoisotopic (exact) mass is 267 g/mol. The van der Waals surface area contributed by atoms with Gasteiger partial charge in [0.25, 0.3) is 0 Å². The summed E-state index contributed by atoms with van der Waals surface area (Å²) in [6.45, 7) is 9.15. The van der Waals surface area contributed by atoms with E-state index in [1.807, 2.05) is 6.92 Å². The van der Waals surface area contributed by atoms with Crippen LogP contribution in [0.4, 0.5) is 0 Å². The first-order valence-electron chi connectivity index (χ1n) is 6.61. The fraction of sp³-hybridized carbons (Fsp3) is 0.667. The first kappa shape index (κ1) is 15.5. The standard InChI is InChI=1S/C15H25NOS/c1-11-6-5-7-15(3,4)14(11)13(17)10-12(2)18-9-8-16/h5-6,12H,7-10,16H2,1-4H3. The molecule has 18 heavy (non-hydrogen) atoms. The van der Waals surface area contributed by atoms with Gasteiger partial charge in [-0.1, -0.05) is 32.9 Å². The van der Waals surface area contributed by atoms with E-state index in [-0.39, 0.29) is 5.41 Å². The minimum Gasteiger partial charge on any atom is -0.330 e. The second-order valence-corrected chi connectivity index (χ2v) is 7.19. The fourth-order valence-corrected chi connectivity index (χ4v) is 3.35. The summed E-state index contributed by atoms with van der Waals surface area (Å²) in [5, 5.41) is 0.350. The van der Waals surface area contributed by atoms with E-state index in [4.69, 9.17) is 5.73 Å². The highest BCUT2D eigenvalue weighted by Gasteiger charge is 2.31. The normalized spacial score (nSPS) is 20.1. The van der Waals surface area contributed by atoms with Crippen LogP contribution in [-0.2, 0) is 4.79 Å². The molecule has 1 aliphatic carbocycles. The van der Waals surface area contributed by atoms with Crippen molar-refractivity contribution < 1.29 is 4.79 Å². The van der Waals surface area contributed by atoms with Crippen molar-refractivity contribution >= 4 is 17.5 Å². The Kier molecular flexibility index (Phi) is 5.67. The number of rotatable bonds is 6. The lowest BCUT2D eigenvalue weighted by Gasteiger charge is -2.31.